The number of carboxylic acid groups (broad SMARTS) is 1. The lowest BCUT2D eigenvalue weighted by molar-refractivity contribution is -0.138. The molecule has 1 rings (SSSR count). The molecule has 0 saturated heterocycles. The highest BCUT2D eigenvalue weighted by Gasteiger charge is 2.23. The Bertz CT molecular complexity index is 519. The van der Waals surface area contributed by atoms with Gasteiger partial charge in [-0.2, -0.15) is 0 Å². The molecule has 0 heterocycles. The molecule has 0 fully saturated rings. The van der Waals surface area contributed by atoms with E-state index in [-0.39, 0.29) is 12.6 Å². The number of methoxy groups -OCH3 is 2. The summed E-state index contributed by atoms with van der Waals surface area (Å²) in [4.78, 5) is 24.7. The van der Waals surface area contributed by atoms with E-state index in [0.717, 1.165) is 0 Å². The monoisotopic (exact) mass is 359 g/mol. The van der Waals surface area contributed by atoms with Crippen LogP contribution in [0, 0.1) is 0 Å². The molecule has 116 valence electrons. The lowest BCUT2D eigenvalue weighted by Gasteiger charge is -2.25. The summed E-state index contributed by atoms with van der Waals surface area (Å²) >= 11 is 3.32. The van der Waals surface area contributed by atoms with Crippen molar-refractivity contribution in [3.63, 3.8) is 0 Å². The fourth-order valence-electron chi connectivity index (χ4n) is 1.79. The van der Waals surface area contributed by atoms with Crippen molar-refractivity contribution in [3.8, 4) is 11.5 Å². The van der Waals surface area contributed by atoms with Gasteiger partial charge in [0.15, 0.2) is 0 Å². The van der Waals surface area contributed by atoms with E-state index in [1.807, 2.05) is 0 Å². The zero-order valence-corrected chi connectivity index (χ0v) is 13.9. The maximum Gasteiger partial charge on any atom is 0.323 e. The fourth-order valence-corrected chi connectivity index (χ4v) is 2.35. The van der Waals surface area contributed by atoms with Crippen LogP contribution in [0.15, 0.2) is 16.6 Å². The van der Waals surface area contributed by atoms with Gasteiger partial charge in [0.2, 0.25) is 0 Å². The number of carbonyl (C=O) groups is 2. The van der Waals surface area contributed by atoms with Crippen molar-refractivity contribution < 1.29 is 24.2 Å². The van der Waals surface area contributed by atoms with Crippen LogP contribution in [0.25, 0.3) is 0 Å². The van der Waals surface area contributed by atoms with E-state index in [1.54, 1.807) is 26.0 Å². The maximum atomic E-state index is 12.5. The quantitative estimate of drug-likeness (QED) is 0.843. The molecule has 1 aromatic rings. The van der Waals surface area contributed by atoms with Gasteiger partial charge in [-0.1, -0.05) is 0 Å². The summed E-state index contributed by atoms with van der Waals surface area (Å²) < 4.78 is 11.0. The maximum absolute atomic E-state index is 12.5. The summed E-state index contributed by atoms with van der Waals surface area (Å²) in [6.07, 6.45) is 0. The number of amides is 1. The van der Waals surface area contributed by atoms with Gasteiger partial charge in [-0.15, -0.1) is 0 Å². The molecule has 0 aliphatic heterocycles. The standard InChI is InChI=1S/C14H18BrNO5/c1-8(2)16(7-12(17)18)14(19)9-5-10(20-3)13(15)11(6-9)21-4/h5-6,8H,7H2,1-4H3,(H,17,18). The van der Waals surface area contributed by atoms with Crippen LogP contribution >= 0.6 is 15.9 Å². The van der Waals surface area contributed by atoms with E-state index in [2.05, 4.69) is 15.9 Å². The molecule has 21 heavy (non-hydrogen) atoms. The summed E-state index contributed by atoms with van der Waals surface area (Å²) in [5.74, 6) is -0.571. The van der Waals surface area contributed by atoms with Gasteiger partial charge < -0.3 is 19.5 Å². The van der Waals surface area contributed by atoms with E-state index in [9.17, 15) is 9.59 Å². The van der Waals surface area contributed by atoms with Crippen LogP contribution in [0.4, 0.5) is 0 Å². The average Bonchev–Trinajstić information content (AvgIpc) is 2.43. The SMILES string of the molecule is COc1cc(C(=O)N(CC(=O)O)C(C)C)cc(OC)c1Br. The molecule has 0 bridgehead atoms. The Morgan fingerprint density at radius 1 is 1.24 bits per heavy atom. The molecular formula is C14H18BrNO5. The normalized spacial score (nSPS) is 10.4. The van der Waals surface area contributed by atoms with Gasteiger partial charge in [-0.25, -0.2) is 0 Å². The van der Waals surface area contributed by atoms with Crippen LogP contribution in [0.5, 0.6) is 11.5 Å². The lowest BCUT2D eigenvalue weighted by atomic mass is 10.1. The molecule has 1 amide bonds. The third kappa shape index (κ3) is 4.10. The molecule has 7 heteroatoms. The largest absolute Gasteiger partial charge is 0.495 e. The van der Waals surface area contributed by atoms with Crippen molar-refractivity contribution in [2.24, 2.45) is 0 Å². The van der Waals surface area contributed by atoms with Crippen LogP contribution in [-0.4, -0.2) is 48.7 Å². The van der Waals surface area contributed by atoms with Gasteiger partial charge in [0.25, 0.3) is 5.91 Å². The Morgan fingerprint density at radius 2 is 1.71 bits per heavy atom. The van der Waals surface area contributed by atoms with Crippen LogP contribution < -0.4 is 9.47 Å². The second kappa shape index (κ2) is 7.31. The molecule has 6 nitrogen and oxygen atoms in total. The molecule has 0 aliphatic rings. The first-order valence-electron chi connectivity index (χ1n) is 6.26. The third-order valence-corrected chi connectivity index (χ3v) is 3.66. The minimum absolute atomic E-state index is 0.241. The topological polar surface area (TPSA) is 76.1 Å². The molecule has 0 spiro atoms. The number of hydrogen-bond donors (Lipinski definition) is 1. The van der Waals surface area contributed by atoms with Crippen LogP contribution in [0.1, 0.15) is 24.2 Å². The predicted molar refractivity (Wildman–Crippen MR) is 81.1 cm³/mol. The summed E-state index contributed by atoms with van der Waals surface area (Å²) in [5, 5.41) is 8.92. The van der Waals surface area contributed by atoms with E-state index in [1.165, 1.54) is 19.1 Å². The Balaban J connectivity index is 3.24. The number of halogens is 1. The smallest absolute Gasteiger partial charge is 0.323 e. The van der Waals surface area contributed by atoms with Crippen molar-refractivity contribution in [3.05, 3.63) is 22.2 Å². The first kappa shape index (κ1) is 17.3. The number of carbonyl (C=O) groups excluding carboxylic acids is 1. The number of hydrogen-bond acceptors (Lipinski definition) is 4. The van der Waals surface area contributed by atoms with Gasteiger partial charge in [-0.05, 0) is 41.9 Å². The number of rotatable bonds is 6. The van der Waals surface area contributed by atoms with Crippen LogP contribution in [0.3, 0.4) is 0 Å². The van der Waals surface area contributed by atoms with E-state index < -0.39 is 11.9 Å². The molecule has 0 radical (unpaired) electrons. The highest BCUT2D eigenvalue weighted by atomic mass is 79.9. The van der Waals surface area contributed by atoms with Gasteiger partial charge in [0.05, 0.1) is 14.2 Å². The van der Waals surface area contributed by atoms with Gasteiger partial charge in [0.1, 0.15) is 22.5 Å². The van der Waals surface area contributed by atoms with Crippen LogP contribution in [0.2, 0.25) is 0 Å². The van der Waals surface area contributed by atoms with Crippen molar-refractivity contribution in [2.75, 3.05) is 20.8 Å². The number of aliphatic carboxylic acids is 1. The minimum atomic E-state index is -1.06. The number of benzene rings is 1. The molecule has 1 N–H and O–H groups in total. The second-order valence-electron chi connectivity index (χ2n) is 4.62. The Morgan fingerprint density at radius 3 is 2.05 bits per heavy atom. The number of ether oxygens (including phenoxy) is 2. The highest BCUT2D eigenvalue weighted by Crippen LogP contribution is 2.36. The Labute approximate surface area is 131 Å². The summed E-state index contributed by atoms with van der Waals surface area (Å²) in [7, 11) is 2.95. The number of nitrogens with zero attached hydrogens (tertiary/aromatic N) is 1. The zero-order chi connectivity index (χ0) is 16.2. The van der Waals surface area contributed by atoms with Crippen molar-refractivity contribution in [1.82, 2.24) is 4.90 Å². The Hall–Kier alpha value is -1.76. The van der Waals surface area contributed by atoms with Gasteiger partial charge in [0, 0.05) is 11.6 Å². The highest BCUT2D eigenvalue weighted by molar-refractivity contribution is 9.10. The molecule has 0 aliphatic carbocycles. The predicted octanol–water partition coefficient (Wildman–Crippen LogP) is 2.40. The molecule has 0 unspecified atom stereocenters. The zero-order valence-electron chi connectivity index (χ0n) is 12.3. The molecule has 0 atom stereocenters. The molecular weight excluding hydrogens is 342 g/mol. The van der Waals surface area contributed by atoms with Gasteiger partial charge in [-0.3, -0.25) is 9.59 Å². The van der Waals surface area contributed by atoms with Crippen molar-refractivity contribution >= 4 is 27.8 Å². The molecule has 1 aromatic carbocycles. The molecule has 0 saturated carbocycles. The van der Waals surface area contributed by atoms with Crippen molar-refractivity contribution in [2.45, 2.75) is 19.9 Å². The summed E-state index contributed by atoms with van der Waals surface area (Å²) in [6.45, 7) is 3.15. The minimum Gasteiger partial charge on any atom is -0.495 e. The van der Waals surface area contributed by atoms with Crippen molar-refractivity contribution in [1.29, 1.82) is 0 Å². The molecule has 0 aromatic heterocycles. The summed E-state index contributed by atoms with van der Waals surface area (Å²) in [5.41, 5.74) is 0.307. The first-order chi connectivity index (χ1) is 9.81. The van der Waals surface area contributed by atoms with Gasteiger partial charge >= 0.3 is 5.97 Å². The lowest BCUT2D eigenvalue weighted by Crippen LogP contribution is -2.40. The van der Waals surface area contributed by atoms with E-state index in [0.29, 0.717) is 21.5 Å². The first-order valence-corrected chi connectivity index (χ1v) is 7.05. The third-order valence-electron chi connectivity index (χ3n) is 2.88. The van der Waals surface area contributed by atoms with E-state index >= 15 is 0 Å². The van der Waals surface area contributed by atoms with E-state index in [4.69, 9.17) is 14.6 Å². The van der Waals surface area contributed by atoms with Crippen LogP contribution in [-0.2, 0) is 4.79 Å². The fraction of sp³-hybridized carbons (Fsp3) is 0.429. The summed E-state index contributed by atoms with van der Waals surface area (Å²) in [6, 6.07) is 2.85. The second-order valence-corrected chi connectivity index (χ2v) is 5.41. The average molecular weight is 360 g/mol. The number of carboxylic acids is 1. The Kier molecular flexibility index (Phi) is 6.02.